The molecule has 3 aromatic rings. The Morgan fingerprint density at radius 3 is 3.10 bits per heavy atom. The van der Waals surface area contributed by atoms with Gasteiger partial charge in [-0.25, -0.2) is 4.98 Å². The van der Waals surface area contributed by atoms with Crippen molar-refractivity contribution >= 4 is 40.5 Å². The molecule has 4 rings (SSSR count). The first kappa shape index (κ1) is 20.8. The number of carbonyl (C=O) groups excluding carboxylic acids is 1. The fraction of sp³-hybridized carbons (Fsp3) is 0.350. The highest BCUT2D eigenvalue weighted by Gasteiger charge is 2.20. The monoisotopic (exact) mass is 446 g/mol. The number of hydrogen-bond donors (Lipinski definition) is 3. The zero-order chi connectivity index (χ0) is 21.1. The zero-order valence-electron chi connectivity index (χ0n) is 16.5. The Labute approximate surface area is 183 Å². The molecule has 1 saturated heterocycles. The summed E-state index contributed by atoms with van der Waals surface area (Å²) >= 11 is 7.92. The van der Waals surface area contributed by atoms with Crippen molar-refractivity contribution < 1.29 is 9.21 Å². The number of anilines is 2. The lowest BCUT2D eigenvalue weighted by Crippen LogP contribution is -2.43. The van der Waals surface area contributed by atoms with Gasteiger partial charge in [-0.3, -0.25) is 9.69 Å². The molecule has 1 amide bonds. The highest BCUT2D eigenvalue weighted by atomic mass is 35.5. The van der Waals surface area contributed by atoms with Crippen molar-refractivity contribution in [3.63, 3.8) is 0 Å². The highest BCUT2D eigenvalue weighted by Crippen LogP contribution is 2.32. The molecule has 0 aliphatic carbocycles. The van der Waals surface area contributed by atoms with Gasteiger partial charge in [0.2, 0.25) is 0 Å². The van der Waals surface area contributed by atoms with Crippen molar-refractivity contribution in [1.29, 1.82) is 0 Å². The van der Waals surface area contributed by atoms with Crippen LogP contribution >= 0.6 is 22.9 Å². The summed E-state index contributed by atoms with van der Waals surface area (Å²) in [6.07, 6.45) is 5.49. The number of halogens is 1. The van der Waals surface area contributed by atoms with Crippen LogP contribution in [-0.4, -0.2) is 47.0 Å². The van der Waals surface area contributed by atoms with Gasteiger partial charge in [-0.2, -0.15) is 4.98 Å². The third-order valence-electron chi connectivity index (χ3n) is 5.08. The number of nitrogen functional groups attached to an aromatic ring is 1. The summed E-state index contributed by atoms with van der Waals surface area (Å²) in [5.41, 5.74) is 6.95. The highest BCUT2D eigenvalue weighted by molar-refractivity contribution is 7.15. The summed E-state index contributed by atoms with van der Waals surface area (Å²) in [4.78, 5) is 24.2. The quantitative estimate of drug-likeness (QED) is 0.531. The largest absolute Gasteiger partial charge is 0.431 e. The van der Waals surface area contributed by atoms with Gasteiger partial charge in [0.1, 0.15) is 11.3 Å². The van der Waals surface area contributed by atoms with E-state index in [0.29, 0.717) is 16.8 Å². The Hall–Kier alpha value is -2.46. The van der Waals surface area contributed by atoms with Gasteiger partial charge in [0.15, 0.2) is 5.69 Å². The van der Waals surface area contributed by atoms with Crippen LogP contribution in [0, 0.1) is 0 Å². The van der Waals surface area contributed by atoms with Crippen LogP contribution in [0.1, 0.15) is 28.3 Å². The summed E-state index contributed by atoms with van der Waals surface area (Å²) < 4.78 is 4.88. The number of oxazole rings is 1. The molecule has 158 valence electrons. The van der Waals surface area contributed by atoms with Gasteiger partial charge in [-0.05, 0) is 44.1 Å². The molecule has 0 radical (unpaired) electrons. The Bertz CT molecular complexity index is 1040. The van der Waals surface area contributed by atoms with E-state index in [0.717, 1.165) is 35.1 Å². The van der Waals surface area contributed by atoms with E-state index in [2.05, 4.69) is 25.5 Å². The molecule has 3 heterocycles. The third kappa shape index (κ3) is 4.81. The van der Waals surface area contributed by atoms with E-state index in [9.17, 15) is 4.79 Å². The van der Waals surface area contributed by atoms with Crippen LogP contribution in [0.25, 0.3) is 10.4 Å². The number of carbonyl (C=O) groups is 1. The molecular formula is C20H23ClN6O2S. The summed E-state index contributed by atoms with van der Waals surface area (Å²) in [7, 11) is 2.02. The van der Waals surface area contributed by atoms with Gasteiger partial charge in [0.05, 0.1) is 22.1 Å². The van der Waals surface area contributed by atoms with Crippen LogP contribution in [0.2, 0.25) is 5.02 Å². The van der Waals surface area contributed by atoms with E-state index in [1.54, 1.807) is 17.4 Å². The second-order valence-corrected chi connectivity index (χ2v) is 8.72. The van der Waals surface area contributed by atoms with E-state index >= 15 is 0 Å². The smallest absolute Gasteiger partial charge is 0.292 e. The van der Waals surface area contributed by atoms with Crippen molar-refractivity contribution in [2.24, 2.45) is 0 Å². The van der Waals surface area contributed by atoms with Crippen molar-refractivity contribution in [3.05, 3.63) is 46.4 Å². The number of likely N-dealkylation sites (N-methyl/N-ethyl adjacent to an activating group) is 1. The number of benzene rings is 1. The van der Waals surface area contributed by atoms with E-state index in [4.69, 9.17) is 21.8 Å². The minimum absolute atomic E-state index is 0.0630. The summed E-state index contributed by atoms with van der Waals surface area (Å²) in [5, 5.41) is 7.62. The summed E-state index contributed by atoms with van der Waals surface area (Å²) in [6, 6.07) is 5.98. The Morgan fingerprint density at radius 2 is 2.33 bits per heavy atom. The van der Waals surface area contributed by atoms with Crippen molar-refractivity contribution in [3.8, 4) is 10.4 Å². The minimum atomic E-state index is -0.441. The van der Waals surface area contributed by atoms with Gasteiger partial charge in [-0.1, -0.05) is 17.7 Å². The molecule has 1 aromatic carbocycles. The predicted octanol–water partition coefficient (Wildman–Crippen LogP) is 3.47. The standard InChI is InChI=1S/C20H23ClN6O2S/c1-23-13-3-2-6-27(9-13)10-18-24-8-17(30-18)12-4-5-14(21)15(7-12)25-19(28)16-11-29-20(22)26-16/h4-5,7-8,11,13,23H,2-3,6,9-10H2,1H3,(H2,22,26)(H,25,28). The van der Waals surface area contributed by atoms with Crippen LogP contribution in [0.5, 0.6) is 0 Å². The summed E-state index contributed by atoms with van der Waals surface area (Å²) in [5.74, 6) is -0.441. The van der Waals surface area contributed by atoms with Crippen LogP contribution in [-0.2, 0) is 6.54 Å². The maximum Gasteiger partial charge on any atom is 0.292 e. The molecule has 1 aliphatic rings. The lowest BCUT2D eigenvalue weighted by atomic mass is 10.1. The second-order valence-electron chi connectivity index (χ2n) is 7.20. The molecule has 8 nitrogen and oxygen atoms in total. The molecule has 0 bridgehead atoms. The molecule has 1 unspecified atom stereocenters. The molecule has 2 aromatic heterocycles. The molecule has 0 spiro atoms. The molecule has 4 N–H and O–H groups in total. The first-order valence-electron chi connectivity index (χ1n) is 9.68. The van der Waals surface area contributed by atoms with E-state index in [1.807, 2.05) is 25.4 Å². The molecule has 30 heavy (non-hydrogen) atoms. The number of aromatic nitrogens is 2. The number of hydrogen-bond acceptors (Lipinski definition) is 8. The number of nitrogens with one attached hydrogen (secondary N) is 2. The van der Waals surface area contributed by atoms with Gasteiger partial charge >= 0.3 is 0 Å². The van der Waals surface area contributed by atoms with Crippen LogP contribution in [0.15, 0.2) is 35.1 Å². The molecule has 1 aliphatic heterocycles. The fourth-order valence-corrected chi connectivity index (χ4v) is 4.62. The normalized spacial score (nSPS) is 17.2. The number of piperidine rings is 1. The number of nitrogens with zero attached hydrogens (tertiary/aromatic N) is 3. The first-order valence-corrected chi connectivity index (χ1v) is 10.9. The third-order valence-corrected chi connectivity index (χ3v) is 6.44. The minimum Gasteiger partial charge on any atom is -0.431 e. The van der Waals surface area contributed by atoms with Gasteiger partial charge in [0, 0.05) is 18.8 Å². The lowest BCUT2D eigenvalue weighted by Gasteiger charge is -2.31. The van der Waals surface area contributed by atoms with Gasteiger partial charge in [-0.15, -0.1) is 11.3 Å². The topological polar surface area (TPSA) is 109 Å². The summed E-state index contributed by atoms with van der Waals surface area (Å²) in [6.45, 7) is 2.97. The SMILES string of the molecule is CNC1CCCN(Cc2ncc(-c3ccc(Cl)c(NC(=O)c4coc(N)n4)c3)s2)C1. The maximum atomic E-state index is 12.3. The average Bonchev–Trinajstić information content (AvgIpc) is 3.39. The van der Waals surface area contributed by atoms with Crippen molar-refractivity contribution in [2.75, 3.05) is 31.2 Å². The molecule has 1 atom stereocenters. The van der Waals surface area contributed by atoms with E-state index < -0.39 is 5.91 Å². The van der Waals surface area contributed by atoms with E-state index in [-0.39, 0.29) is 11.7 Å². The lowest BCUT2D eigenvalue weighted by molar-refractivity contribution is 0.102. The fourth-order valence-electron chi connectivity index (χ4n) is 3.50. The predicted molar refractivity (Wildman–Crippen MR) is 119 cm³/mol. The number of nitrogens with two attached hydrogens (primary N) is 1. The zero-order valence-corrected chi connectivity index (χ0v) is 18.1. The average molecular weight is 447 g/mol. The molecular weight excluding hydrogens is 424 g/mol. The Kier molecular flexibility index (Phi) is 6.33. The number of thiazole rings is 1. The van der Waals surface area contributed by atoms with E-state index in [1.165, 1.54) is 19.1 Å². The van der Waals surface area contributed by atoms with Crippen molar-refractivity contribution in [1.82, 2.24) is 20.2 Å². The molecule has 10 heteroatoms. The van der Waals surface area contributed by atoms with Crippen LogP contribution in [0.3, 0.4) is 0 Å². The van der Waals surface area contributed by atoms with Crippen LogP contribution < -0.4 is 16.4 Å². The number of likely N-dealkylation sites (tertiary alicyclic amines) is 1. The first-order chi connectivity index (χ1) is 14.5. The Balaban J connectivity index is 1.47. The molecule has 0 saturated carbocycles. The number of amides is 1. The van der Waals surface area contributed by atoms with Crippen molar-refractivity contribution in [2.45, 2.75) is 25.4 Å². The maximum absolute atomic E-state index is 12.3. The van der Waals surface area contributed by atoms with Gasteiger partial charge < -0.3 is 20.8 Å². The van der Waals surface area contributed by atoms with Gasteiger partial charge in [0.25, 0.3) is 11.9 Å². The number of rotatable bonds is 6. The molecule has 1 fully saturated rings. The second kappa shape index (κ2) is 9.13. The van der Waals surface area contributed by atoms with Crippen LogP contribution in [0.4, 0.5) is 11.7 Å². The Morgan fingerprint density at radius 1 is 1.47 bits per heavy atom.